The fourth-order valence-electron chi connectivity index (χ4n) is 4.28. The van der Waals surface area contributed by atoms with Crippen molar-refractivity contribution in [3.05, 3.63) is 90.0 Å². The summed E-state index contributed by atoms with van der Waals surface area (Å²) < 4.78 is 5.31. The lowest BCUT2D eigenvalue weighted by Gasteiger charge is -2.38. The fraction of sp³-hybridized carbons (Fsp3) is 0.240. The minimum absolute atomic E-state index is 0.239. The van der Waals surface area contributed by atoms with Crippen molar-refractivity contribution >= 4 is 5.78 Å². The summed E-state index contributed by atoms with van der Waals surface area (Å²) in [7, 11) is 1.68. The molecule has 136 valence electrons. The first-order chi connectivity index (χ1) is 13.2. The van der Waals surface area contributed by atoms with E-state index in [1.807, 2.05) is 18.2 Å². The van der Waals surface area contributed by atoms with E-state index in [9.17, 15) is 4.79 Å². The van der Waals surface area contributed by atoms with Crippen LogP contribution in [0.2, 0.25) is 0 Å². The molecule has 0 amide bonds. The highest BCUT2D eigenvalue weighted by molar-refractivity contribution is 5.82. The Balaban J connectivity index is 1.75. The Labute approximate surface area is 160 Å². The number of benzene rings is 3. The number of methoxy groups -OCH3 is 1. The molecule has 3 aromatic rings. The Kier molecular flexibility index (Phi) is 4.81. The molecule has 1 fully saturated rings. The number of ether oxygens (including phenoxy) is 1. The molecule has 1 atom stereocenters. The summed E-state index contributed by atoms with van der Waals surface area (Å²) in [6.07, 6.45) is 3.20. The number of rotatable bonds is 4. The minimum atomic E-state index is -0.239. The van der Waals surface area contributed by atoms with Crippen molar-refractivity contribution < 1.29 is 9.53 Å². The molecule has 0 unspecified atom stereocenters. The predicted molar refractivity (Wildman–Crippen MR) is 109 cm³/mol. The van der Waals surface area contributed by atoms with Crippen LogP contribution in [0, 0.1) is 0 Å². The molecule has 2 nitrogen and oxygen atoms in total. The first-order valence-corrected chi connectivity index (χ1v) is 9.53. The topological polar surface area (TPSA) is 26.3 Å². The van der Waals surface area contributed by atoms with Gasteiger partial charge in [0.2, 0.25) is 0 Å². The smallest absolute Gasteiger partial charge is 0.134 e. The van der Waals surface area contributed by atoms with Gasteiger partial charge in [0.05, 0.1) is 7.11 Å². The van der Waals surface area contributed by atoms with Gasteiger partial charge in [-0.1, -0.05) is 66.7 Å². The van der Waals surface area contributed by atoms with Gasteiger partial charge in [-0.25, -0.2) is 0 Å². The first-order valence-electron chi connectivity index (χ1n) is 9.53. The summed E-state index contributed by atoms with van der Waals surface area (Å²) in [6.45, 7) is 0. The molecule has 2 heteroatoms. The lowest BCUT2D eigenvalue weighted by atomic mass is 9.65. The predicted octanol–water partition coefficient (Wildman–Crippen LogP) is 5.79. The first kappa shape index (κ1) is 17.5. The van der Waals surface area contributed by atoms with Gasteiger partial charge in [0.15, 0.2) is 0 Å². The third kappa shape index (κ3) is 3.40. The van der Waals surface area contributed by atoms with E-state index in [1.54, 1.807) is 7.11 Å². The molecule has 0 saturated heterocycles. The molecule has 1 aliphatic carbocycles. The maximum absolute atomic E-state index is 12.4. The second-order valence-corrected chi connectivity index (χ2v) is 7.32. The molecule has 1 saturated carbocycles. The zero-order valence-electron chi connectivity index (χ0n) is 15.7. The summed E-state index contributed by atoms with van der Waals surface area (Å²) in [4.78, 5) is 12.4. The highest BCUT2D eigenvalue weighted by atomic mass is 16.5. The minimum Gasteiger partial charge on any atom is -0.497 e. The number of Topliss-reactive ketones (excluding diaryl/α,β-unsaturated/α-hetero) is 1. The molecule has 0 aromatic heterocycles. The summed E-state index contributed by atoms with van der Waals surface area (Å²) in [5, 5.41) is 0. The molecule has 0 heterocycles. The Morgan fingerprint density at radius 1 is 0.778 bits per heavy atom. The fourth-order valence-corrected chi connectivity index (χ4v) is 4.28. The van der Waals surface area contributed by atoms with Gasteiger partial charge >= 0.3 is 0 Å². The molecule has 27 heavy (non-hydrogen) atoms. The van der Waals surface area contributed by atoms with Crippen LogP contribution in [0.25, 0.3) is 11.1 Å². The van der Waals surface area contributed by atoms with E-state index in [4.69, 9.17) is 4.74 Å². The van der Waals surface area contributed by atoms with Crippen LogP contribution in [-0.4, -0.2) is 12.9 Å². The number of hydrogen-bond acceptors (Lipinski definition) is 2. The summed E-state index contributed by atoms with van der Waals surface area (Å²) in [5.41, 5.74) is 4.59. The van der Waals surface area contributed by atoms with Gasteiger partial charge in [-0.15, -0.1) is 0 Å². The molecule has 3 aromatic carbocycles. The molecule has 0 spiro atoms. The molecular formula is C25H24O2. The van der Waals surface area contributed by atoms with Crippen molar-refractivity contribution in [2.24, 2.45) is 0 Å². The van der Waals surface area contributed by atoms with E-state index in [-0.39, 0.29) is 5.41 Å². The van der Waals surface area contributed by atoms with Crippen LogP contribution in [0.5, 0.6) is 5.75 Å². The lowest BCUT2D eigenvalue weighted by Crippen LogP contribution is -2.34. The quantitative estimate of drug-likeness (QED) is 0.591. The third-order valence-electron chi connectivity index (χ3n) is 5.75. The number of hydrogen-bond donors (Lipinski definition) is 0. The molecule has 0 aliphatic heterocycles. The Hall–Kier alpha value is -2.87. The summed E-state index contributed by atoms with van der Waals surface area (Å²) in [6, 6.07) is 27.4. The van der Waals surface area contributed by atoms with Crippen LogP contribution in [0.1, 0.15) is 36.8 Å². The van der Waals surface area contributed by atoms with E-state index in [1.165, 1.54) is 22.3 Å². The summed E-state index contributed by atoms with van der Waals surface area (Å²) in [5.74, 6) is 1.19. The van der Waals surface area contributed by atoms with Crippen molar-refractivity contribution in [2.45, 2.75) is 31.1 Å². The standard InChI is InChI=1S/C25H24O2/c1-27-24-15-13-22(14-16-24)25(17-5-8-23(26)18-25)21-11-9-20(10-12-21)19-6-3-2-4-7-19/h2-4,6-7,9-16H,5,8,17-18H2,1H3/t25-/m0/s1. The SMILES string of the molecule is COc1ccc([C@@]2(c3ccc(-c4ccccc4)cc3)CCCC(=O)C2)cc1. The van der Waals surface area contributed by atoms with E-state index in [0.717, 1.165) is 18.6 Å². The molecule has 4 rings (SSSR count). The average Bonchev–Trinajstić information content (AvgIpc) is 2.74. The van der Waals surface area contributed by atoms with E-state index in [2.05, 4.69) is 60.7 Å². The van der Waals surface area contributed by atoms with Crippen LogP contribution in [0.3, 0.4) is 0 Å². The van der Waals surface area contributed by atoms with E-state index < -0.39 is 0 Å². The third-order valence-corrected chi connectivity index (χ3v) is 5.75. The normalized spacial score (nSPS) is 19.7. The number of carbonyl (C=O) groups excluding carboxylic acids is 1. The molecule has 0 N–H and O–H groups in total. The van der Waals surface area contributed by atoms with Crippen LogP contribution in [0.15, 0.2) is 78.9 Å². The monoisotopic (exact) mass is 356 g/mol. The second-order valence-electron chi connectivity index (χ2n) is 7.32. The van der Waals surface area contributed by atoms with Crippen molar-refractivity contribution in [3.8, 4) is 16.9 Å². The highest BCUT2D eigenvalue weighted by Crippen LogP contribution is 2.44. The van der Waals surface area contributed by atoms with Crippen LogP contribution >= 0.6 is 0 Å². The Bertz CT molecular complexity index is 911. The maximum atomic E-state index is 12.4. The second kappa shape index (κ2) is 7.40. The summed E-state index contributed by atoms with van der Waals surface area (Å²) >= 11 is 0. The van der Waals surface area contributed by atoms with E-state index in [0.29, 0.717) is 18.6 Å². The molecule has 0 bridgehead atoms. The van der Waals surface area contributed by atoms with Gasteiger partial charge in [0.1, 0.15) is 11.5 Å². The largest absolute Gasteiger partial charge is 0.497 e. The zero-order chi connectivity index (χ0) is 18.7. The van der Waals surface area contributed by atoms with Crippen LogP contribution in [0.4, 0.5) is 0 Å². The zero-order valence-corrected chi connectivity index (χ0v) is 15.7. The maximum Gasteiger partial charge on any atom is 0.134 e. The average molecular weight is 356 g/mol. The van der Waals surface area contributed by atoms with Crippen LogP contribution < -0.4 is 4.74 Å². The van der Waals surface area contributed by atoms with Crippen molar-refractivity contribution in [3.63, 3.8) is 0 Å². The number of ketones is 1. The Morgan fingerprint density at radius 2 is 1.37 bits per heavy atom. The van der Waals surface area contributed by atoms with Gasteiger partial charge < -0.3 is 4.74 Å². The molecule has 1 aliphatic rings. The van der Waals surface area contributed by atoms with Crippen molar-refractivity contribution in [1.82, 2.24) is 0 Å². The highest BCUT2D eigenvalue weighted by Gasteiger charge is 2.38. The van der Waals surface area contributed by atoms with Gasteiger partial charge in [0, 0.05) is 18.3 Å². The van der Waals surface area contributed by atoms with Crippen LogP contribution in [-0.2, 0) is 10.2 Å². The lowest BCUT2D eigenvalue weighted by molar-refractivity contribution is -0.121. The van der Waals surface area contributed by atoms with Crippen molar-refractivity contribution in [2.75, 3.05) is 7.11 Å². The molecule has 0 radical (unpaired) electrons. The van der Waals surface area contributed by atoms with Crippen molar-refractivity contribution in [1.29, 1.82) is 0 Å². The van der Waals surface area contributed by atoms with Gasteiger partial charge in [-0.3, -0.25) is 4.79 Å². The van der Waals surface area contributed by atoms with Gasteiger partial charge in [-0.2, -0.15) is 0 Å². The molecular weight excluding hydrogens is 332 g/mol. The van der Waals surface area contributed by atoms with Gasteiger partial charge in [-0.05, 0) is 47.2 Å². The van der Waals surface area contributed by atoms with E-state index >= 15 is 0 Å². The number of carbonyl (C=O) groups is 1. The Morgan fingerprint density at radius 3 is 1.96 bits per heavy atom. The van der Waals surface area contributed by atoms with Gasteiger partial charge in [0.25, 0.3) is 0 Å².